The molecule has 0 spiro atoms. The lowest BCUT2D eigenvalue weighted by molar-refractivity contribution is 0.593. The van der Waals surface area contributed by atoms with Gasteiger partial charge in [0, 0.05) is 21.5 Å². The molecule has 1 aliphatic rings. The molecule has 5 rings (SSSR count). The number of aryl methyl sites for hydroxylation is 2. The molecular weight excluding hydrogens is 383 g/mol. The van der Waals surface area contributed by atoms with Gasteiger partial charge in [0.05, 0.1) is 0 Å². The summed E-state index contributed by atoms with van der Waals surface area (Å²) in [6.45, 7) is 4.14. The van der Waals surface area contributed by atoms with Crippen molar-refractivity contribution in [1.82, 2.24) is 0 Å². The number of hydrogen-bond acceptors (Lipinski definition) is 1. The molecule has 0 saturated heterocycles. The summed E-state index contributed by atoms with van der Waals surface area (Å²) in [7, 11) is -3.03. The van der Waals surface area contributed by atoms with Gasteiger partial charge in [-0.3, -0.25) is 0 Å². The predicted octanol–water partition coefficient (Wildman–Crippen LogP) is 6.55. The Kier molecular flexibility index (Phi) is 4.57. The van der Waals surface area contributed by atoms with Crippen molar-refractivity contribution in [2.75, 3.05) is 0 Å². The number of rotatable bonds is 3. The fraction of sp³-hybridized carbons (Fsp3) is 0.0714. The van der Waals surface area contributed by atoms with Crippen LogP contribution in [-0.2, 0) is 4.57 Å². The Morgan fingerprint density at radius 2 is 1.17 bits per heavy atom. The maximum atomic E-state index is 15.2. The van der Waals surface area contributed by atoms with Crippen LogP contribution in [0.1, 0.15) is 27.8 Å². The van der Waals surface area contributed by atoms with Crippen LogP contribution in [0.3, 0.4) is 0 Å². The zero-order valence-electron chi connectivity index (χ0n) is 17.2. The van der Waals surface area contributed by atoms with Crippen LogP contribution in [0, 0.1) is 13.8 Å². The van der Waals surface area contributed by atoms with E-state index in [1.165, 1.54) is 5.56 Å². The Hall–Kier alpha value is -3.15. The van der Waals surface area contributed by atoms with Crippen molar-refractivity contribution in [3.8, 4) is 0 Å². The monoisotopic (exact) mass is 406 g/mol. The van der Waals surface area contributed by atoms with Gasteiger partial charge in [0.25, 0.3) is 0 Å². The highest BCUT2D eigenvalue weighted by atomic mass is 31.2. The van der Waals surface area contributed by atoms with Crippen LogP contribution in [-0.4, -0.2) is 0 Å². The topological polar surface area (TPSA) is 17.1 Å². The highest BCUT2D eigenvalue weighted by molar-refractivity contribution is 7.88. The smallest absolute Gasteiger partial charge is 0.172 e. The van der Waals surface area contributed by atoms with E-state index < -0.39 is 7.14 Å². The van der Waals surface area contributed by atoms with E-state index in [1.54, 1.807) is 0 Å². The molecule has 4 aromatic rings. The van der Waals surface area contributed by atoms with Gasteiger partial charge in [-0.05, 0) is 36.6 Å². The second-order valence-corrected chi connectivity index (χ2v) is 10.6. The van der Waals surface area contributed by atoms with E-state index in [-0.39, 0.29) is 0 Å². The van der Waals surface area contributed by atoms with Gasteiger partial charge in [-0.25, -0.2) is 0 Å². The molecule has 0 aromatic heterocycles. The highest BCUT2D eigenvalue weighted by Crippen LogP contribution is 2.65. The molecule has 1 aliphatic heterocycles. The summed E-state index contributed by atoms with van der Waals surface area (Å²) < 4.78 is 15.2. The first-order valence-corrected chi connectivity index (χ1v) is 11.9. The van der Waals surface area contributed by atoms with E-state index >= 15 is 4.57 Å². The maximum absolute atomic E-state index is 15.2. The predicted molar refractivity (Wildman–Crippen MR) is 128 cm³/mol. The first-order chi connectivity index (χ1) is 14.6. The molecule has 0 amide bonds. The van der Waals surface area contributed by atoms with Crippen molar-refractivity contribution in [3.63, 3.8) is 0 Å². The Bertz CT molecular complexity index is 1300. The summed E-state index contributed by atoms with van der Waals surface area (Å²) in [5.74, 6) is 0. The van der Waals surface area contributed by atoms with E-state index in [4.69, 9.17) is 0 Å². The van der Waals surface area contributed by atoms with Gasteiger partial charge in [-0.1, -0.05) is 108 Å². The summed E-state index contributed by atoms with van der Waals surface area (Å²) >= 11 is 0. The van der Waals surface area contributed by atoms with Crippen LogP contribution in [0.4, 0.5) is 0 Å². The molecule has 146 valence electrons. The van der Waals surface area contributed by atoms with Crippen LogP contribution in [0.15, 0.2) is 103 Å². The lowest BCUT2D eigenvalue weighted by Gasteiger charge is -2.20. The molecule has 0 fully saturated rings. The molecule has 0 aliphatic carbocycles. The van der Waals surface area contributed by atoms with Crippen molar-refractivity contribution in [2.45, 2.75) is 13.8 Å². The maximum Gasteiger partial charge on any atom is 0.172 e. The minimum Gasteiger partial charge on any atom is -0.309 e. The fourth-order valence-electron chi connectivity index (χ4n) is 4.36. The molecular formula is C28H23OP. The van der Waals surface area contributed by atoms with Crippen molar-refractivity contribution >= 4 is 28.6 Å². The average Bonchev–Trinajstić information content (AvgIpc) is 3.04. The first-order valence-electron chi connectivity index (χ1n) is 10.2. The third-order valence-corrected chi connectivity index (χ3v) is 9.01. The van der Waals surface area contributed by atoms with Gasteiger partial charge in [0.15, 0.2) is 7.14 Å². The van der Waals surface area contributed by atoms with Crippen molar-refractivity contribution in [2.24, 2.45) is 0 Å². The van der Waals surface area contributed by atoms with Gasteiger partial charge < -0.3 is 4.57 Å². The zero-order valence-corrected chi connectivity index (χ0v) is 18.1. The molecule has 2 heteroatoms. The third-order valence-electron chi connectivity index (χ3n) is 5.82. The largest absolute Gasteiger partial charge is 0.309 e. The lowest BCUT2D eigenvalue weighted by atomic mass is 9.95. The standard InChI is InChI=1S/C28H23OP/c1-20-13-16-24(17-14-20)30(29)26-19-21(2)15-18-25(26)27(22-9-5-3-6-10-22)28(30)23-11-7-4-8-12-23/h3-19H,1-2H3. The van der Waals surface area contributed by atoms with Gasteiger partial charge in [0.2, 0.25) is 0 Å². The van der Waals surface area contributed by atoms with Gasteiger partial charge >= 0.3 is 0 Å². The van der Waals surface area contributed by atoms with E-state index in [0.717, 1.165) is 43.8 Å². The second-order valence-electron chi connectivity index (χ2n) is 7.92. The van der Waals surface area contributed by atoms with Gasteiger partial charge in [-0.2, -0.15) is 0 Å². The fourth-order valence-corrected chi connectivity index (χ4v) is 7.70. The molecule has 0 radical (unpaired) electrons. The van der Waals surface area contributed by atoms with Crippen molar-refractivity contribution < 1.29 is 4.57 Å². The summed E-state index contributed by atoms with van der Waals surface area (Å²) in [5.41, 5.74) is 6.58. The molecule has 0 saturated carbocycles. The van der Waals surface area contributed by atoms with E-state index in [0.29, 0.717) is 0 Å². The molecule has 1 heterocycles. The number of fused-ring (bicyclic) bond motifs is 1. The normalized spacial score (nSPS) is 17.8. The lowest BCUT2D eigenvalue weighted by Crippen LogP contribution is -2.16. The van der Waals surface area contributed by atoms with Crippen LogP contribution in [0.2, 0.25) is 0 Å². The summed E-state index contributed by atoms with van der Waals surface area (Å²) in [6, 6.07) is 35.2. The first kappa shape index (κ1) is 18.9. The minimum absolute atomic E-state index is 0.893. The van der Waals surface area contributed by atoms with E-state index in [9.17, 15) is 0 Å². The molecule has 30 heavy (non-hydrogen) atoms. The SMILES string of the molecule is Cc1ccc(P2(=O)C(c3ccccc3)=C(c3ccccc3)c3ccc(C)cc32)cc1. The summed E-state index contributed by atoms with van der Waals surface area (Å²) in [5, 5.41) is 2.78. The van der Waals surface area contributed by atoms with Gasteiger partial charge in [0.1, 0.15) is 0 Å². The van der Waals surface area contributed by atoms with Crippen LogP contribution >= 0.6 is 7.14 Å². The molecule has 4 aromatic carbocycles. The molecule has 0 bridgehead atoms. The zero-order chi connectivity index (χ0) is 20.7. The Morgan fingerprint density at radius 1 is 0.600 bits per heavy atom. The Morgan fingerprint density at radius 3 is 1.80 bits per heavy atom. The van der Waals surface area contributed by atoms with Crippen LogP contribution in [0.5, 0.6) is 0 Å². The molecule has 1 atom stereocenters. The Labute approximate surface area is 178 Å². The van der Waals surface area contributed by atoms with E-state index in [2.05, 4.69) is 68.4 Å². The molecule has 0 N–H and O–H groups in total. The van der Waals surface area contributed by atoms with Crippen LogP contribution < -0.4 is 10.6 Å². The highest BCUT2D eigenvalue weighted by Gasteiger charge is 2.43. The Balaban J connectivity index is 1.93. The van der Waals surface area contributed by atoms with Crippen LogP contribution in [0.25, 0.3) is 10.9 Å². The second kappa shape index (κ2) is 7.27. The summed E-state index contributed by atoms with van der Waals surface area (Å²) in [4.78, 5) is 0. The van der Waals surface area contributed by atoms with E-state index in [1.807, 2.05) is 48.5 Å². The van der Waals surface area contributed by atoms with Gasteiger partial charge in [-0.15, -0.1) is 0 Å². The average molecular weight is 406 g/mol. The molecule has 1 nitrogen and oxygen atoms in total. The van der Waals surface area contributed by atoms with Crippen molar-refractivity contribution in [3.05, 3.63) is 131 Å². The van der Waals surface area contributed by atoms with Crippen molar-refractivity contribution in [1.29, 1.82) is 0 Å². The minimum atomic E-state index is -3.03. The molecule has 1 unspecified atom stereocenters. The quantitative estimate of drug-likeness (QED) is 0.353. The number of hydrogen-bond donors (Lipinski definition) is 0. The summed E-state index contributed by atoms with van der Waals surface area (Å²) in [6.07, 6.45) is 0. The third kappa shape index (κ3) is 2.90. The number of benzene rings is 4.